The minimum atomic E-state index is -3.31. The quantitative estimate of drug-likeness (QED) is 0.884. The Hall–Kier alpha value is -2.15. The standard InChI is InChI=1S/C15H16F2N2O2S/c1-10(18-13-7-8-14(16)15(17)9-13)11-3-5-12(6-4-11)19-22(2,20)21/h3-10,18-19H,1-2H3/t10-/m1/s1. The van der Waals surface area contributed by atoms with Crippen LogP contribution in [-0.2, 0) is 10.0 Å². The van der Waals surface area contributed by atoms with Gasteiger partial charge in [-0.15, -0.1) is 0 Å². The number of nitrogens with one attached hydrogen (secondary N) is 2. The van der Waals surface area contributed by atoms with E-state index in [1.807, 2.05) is 6.92 Å². The molecule has 0 saturated carbocycles. The van der Waals surface area contributed by atoms with Crippen LogP contribution in [0.25, 0.3) is 0 Å². The number of rotatable bonds is 5. The van der Waals surface area contributed by atoms with Crippen LogP contribution in [0.4, 0.5) is 20.2 Å². The van der Waals surface area contributed by atoms with Crippen molar-refractivity contribution in [3.05, 3.63) is 59.7 Å². The topological polar surface area (TPSA) is 58.2 Å². The van der Waals surface area contributed by atoms with Crippen LogP contribution in [0.2, 0.25) is 0 Å². The monoisotopic (exact) mass is 326 g/mol. The van der Waals surface area contributed by atoms with Crippen LogP contribution in [0.15, 0.2) is 42.5 Å². The SMILES string of the molecule is C[C@@H](Nc1ccc(F)c(F)c1)c1ccc(NS(C)(=O)=O)cc1. The van der Waals surface area contributed by atoms with E-state index in [0.29, 0.717) is 11.4 Å². The molecular formula is C15H16F2N2O2S. The van der Waals surface area contributed by atoms with Gasteiger partial charge in [0.05, 0.1) is 6.26 Å². The molecule has 2 rings (SSSR count). The molecule has 0 radical (unpaired) electrons. The lowest BCUT2D eigenvalue weighted by molar-refractivity contribution is 0.509. The van der Waals surface area contributed by atoms with Gasteiger partial charge in [0.15, 0.2) is 11.6 Å². The van der Waals surface area contributed by atoms with Crippen LogP contribution in [-0.4, -0.2) is 14.7 Å². The van der Waals surface area contributed by atoms with Gasteiger partial charge in [0.1, 0.15) is 0 Å². The Labute approximate surface area is 128 Å². The van der Waals surface area contributed by atoms with Gasteiger partial charge in [0.2, 0.25) is 10.0 Å². The zero-order valence-electron chi connectivity index (χ0n) is 12.1. The van der Waals surface area contributed by atoms with Gasteiger partial charge in [-0.1, -0.05) is 12.1 Å². The van der Waals surface area contributed by atoms with Gasteiger partial charge >= 0.3 is 0 Å². The Bertz CT molecular complexity index is 762. The van der Waals surface area contributed by atoms with Crippen LogP contribution in [0.5, 0.6) is 0 Å². The molecule has 1 atom stereocenters. The van der Waals surface area contributed by atoms with E-state index >= 15 is 0 Å². The molecule has 118 valence electrons. The summed E-state index contributed by atoms with van der Waals surface area (Å²) in [5.74, 6) is -1.81. The predicted molar refractivity (Wildman–Crippen MR) is 83.3 cm³/mol. The summed E-state index contributed by atoms with van der Waals surface area (Å²) >= 11 is 0. The highest BCUT2D eigenvalue weighted by Crippen LogP contribution is 2.22. The third kappa shape index (κ3) is 4.42. The first-order valence-electron chi connectivity index (χ1n) is 6.54. The van der Waals surface area contributed by atoms with Crippen LogP contribution >= 0.6 is 0 Å². The van der Waals surface area contributed by atoms with Gasteiger partial charge in [-0.05, 0) is 36.8 Å². The van der Waals surface area contributed by atoms with Gasteiger partial charge in [-0.3, -0.25) is 4.72 Å². The van der Waals surface area contributed by atoms with E-state index in [0.717, 1.165) is 24.0 Å². The fourth-order valence-electron chi connectivity index (χ4n) is 1.97. The molecule has 2 aromatic carbocycles. The second kappa shape index (κ2) is 6.31. The summed E-state index contributed by atoms with van der Waals surface area (Å²) in [4.78, 5) is 0. The molecule has 0 unspecified atom stereocenters. The second-order valence-corrected chi connectivity index (χ2v) is 6.74. The Kier molecular flexibility index (Phi) is 4.65. The van der Waals surface area contributed by atoms with Gasteiger partial charge in [-0.25, -0.2) is 17.2 Å². The summed E-state index contributed by atoms with van der Waals surface area (Å²) in [5, 5.41) is 3.05. The van der Waals surface area contributed by atoms with Crippen LogP contribution in [0, 0.1) is 11.6 Å². The maximum absolute atomic E-state index is 13.2. The molecule has 0 amide bonds. The van der Waals surface area contributed by atoms with Crippen molar-refractivity contribution in [2.24, 2.45) is 0 Å². The van der Waals surface area contributed by atoms with Crippen molar-refractivity contribution in [1.29, 1.82) is 0 Å². The molecule has 0 fully saturated rings. The second-order valence-electron chi connectivity index (χ2n) is 4.99. The normalized spacial score (nSPS) is 12.7. The van der Waals surface area contributed by atoms with E-state index in [1.165, 1.54) is 6.07 Å². The summed E-state index contributed by atoms with van der Waals surface area (Å²) in [7, 11) is -3.31. The van der Waals surface area contributed by atoms with Crippen LogP contribution < -0.4 is 10.0 Å². The first-order valence-corrected chi connectivity index (χ1v) is 8.43. The van der Waals surface area contributed by atoms with E-state index < -0.39 is 21.7 Å². The molecule has 0 aliphatic carbocycles. The first-order chi connectivity index (χ1) is 10.2. The van der Waals surface area contributed by atoms with E-state index in [2.05, 4.69) is 10.0 Å². The molecule has 0 heterocycles. The zero-order valence-corrected chi connectivity index (χ0v) is 12.9. The average molecular weight is 326 g/mol. The summed E-state index contributed by atoms with van der Waals surface area (Å²) in [6.07, 6.45) is 1.08. The Balaban J connectivity index is 2.09. The molecule has 0 aliphatic heterocycles. The lowest BCUT2D eigenvalue weighted by Crippen LogP contribution is -2.10. The largest absolute Gasteiger partial charge is 0.378 e. The van der Waals surface area contributed by atoms with E-state index in [-0.39, 0.29) is 6.04 Å². The molecule has 0 aliphatic rings. The molecule has 22 heavy (non-hydrogen) atoms. The van der Waals surface area contributed by atoms with E-state index in [4.69, 9.17) is 0 Å². The Morgan fingerprint density at radius 1 is 0.955 bits per heavy atom. The number of benzene rings is 2. The first kappa shape index (κ1) is 16.2. The Morgan fingerprint density at radius 3 is 2.09 bits per heavy atom. The number of halogens is 2. The van der Waals surface area contributed by atoms with Crippen molar-refractivity contribution in [3.63, 3.8) is 0 Å². The van der Waals surface area contributed by atoms with Crippen molar-refractivity contribution in [2.45, 2.75) is 13.0 Å². The Morgan fingerprint density at radius 2 is 1.55 bits per heavy atom. The molecule has 0 spiro atoms. The van der Waals surface area contributed by atoms with Crippen LogP contribution in [0.1, 0.15) is 18.5 Å². The molecule has 2 aromatic rings. The lowest BCUT2D eigenvalue weighted by atomic mass is 10.1. The maximum atomic E-state index is 13.2. The fourth-order valence-corrected chi connectivity index (χ4v) is 2.54. The smallest absolute Gasteiger partial charge is 0.229 e. The number of hydrogen-bond acceptors (Lipinski definition) is 3. The molecule has 0 aromatic heterocycles. The molecular weight excluding hydrogens is 310 g/mol. The number of sulfonamides is 1. The fraction of sp³-hybridized carbons (Fsp3) is 0.200. The van der Waals surface area contributed by atoms with Crippen molar-refractivity contribution in [2.75, 3.05) is 16.3 Å². The summed E-state index contributed by atoms with van der Waals surface area (Å²) in [6.45, 7) is 1.86. The van der Waals surface area contributed by atoms with Crippen molar-refractivity contribution < 1.29 is 17.2 Å². The molecule has 7 heteroatoms. The molecule has 0 bridgehead atoms. The average Bonchev–Trinajstić information content (AvgIpc) is 2.42. The lowest BCUT2D eigenvalue weighted by Gasteiger charge is -2.16. The molecule has 0 saturated heterocycles. The van der Waals surface area contributed by atoms with Crippen LogP contribution in [0.3, 0.4) is 0 Å². The summed E-state index contributed by atoms with van der Waals surface area (Å²) in [6, 6.07) is 10.2. The van der Waals surface area contributed by atoms with Crippen molar-refractivity contribution in [3.8, 4) is 0 Å². The minimum Gasteiger partial charge on any atom is -0.378 e. The van der Waals surface area contributed by atoms with Crippen molar-refractivity contribution >= 4 is 21.4 Å². The maximum Gasteiger partial charge on any atom is 0.229 e. The van der Waals surface area contributed by atoms with E-state index in [1.54, 1.807) is 24.3 Å². The number of anilines is 2. The van der Waals surface area contributed by atoms with Gasteiger partial charge < -0.3 is 5.32 Å². The third-order valence-corrected chi connectivity index (χ3v) is 3.62. The zero-order chi connectivity index (χ0) is 16.3. The third-order valence-electron chi connectivity index (χ3n) is 3.02. The van der Waals surface area contributed by atoms with Gasteiger partial charge in [-0.2, -0.15) is 0 Å². The van der Waals surface area contributed by atoms with E-state index in [9.17, 15) is 17.2 Å². The summed E-state index contributed by atoms with van der Waals surface area (Å²) in [5.41, 5.74) is 1.81. The predicted octanol–water partition coefficient (Wildman–Crippen LogP) is 3.51. The van der Waals surface area contributed by atoms with Crippen molar-refractivity contribution in [1.82, 2.24) is 0 Å². The highest BCUT2D eigenvalue weighted by molar-refractivity contribution is 7.92. The highest BCUT2D eigenvalue weighted by Gasteiger charge is 2.08. The molecule has 4 nitrogen and oxygen atoms in total. The summed E-state index contributed by atoms with van der Waals surface area (Å²) < 4.78 is 50.7. The van der Waals surface area contributed by atoms with Gasteiger partial charge in [0, 0.05) is 23.5 Å². The molecule has 2 N–H and O–H groups in total. The minimum absolute atomic E-state index is 0.155. The number of hydrogen-bond donors (Lipinski definition) is 2. The highest BCUT2D eigenvalue weighted by atomic mass is 32.2. The van der Waals surface area contributed by atoms with Gasteiger partial charge in [0.25, 0.3) is 0 Å².